The smallest absolute Gasteiger partial charge is 0.0587 e. The van der Waals surface area contributed by atoms with Crippen molar-refractivity contribution in [2.24, 2.45) is 17.6 Å². The van der Waals surface area contributed by atoms with Crippen LogP contribution in [0.5, 0.6) is 0 Å². The van der Waals surface area contributed by atoms with E-state index in [-0.39, 0.29) is 5.54 Å². The first kappa shape index (κ1) is 12.9. The summed E-state index contributed by atoms with van der Waals surface area (Å²) in [6.45, 7) is 7.06. The van der Waals surface area contributed by atoms with Gasteiger partial charge in [0.2, 0.25) is 0 Å². The van der Waals surface area contributed by atoms with Crippen LogP contribution in [-0.2, 0) is 4.74 Å². The van der Waals surface area contributed by atoms with Gasteiger partial charge in [-0.25, -0.2) is 0 Å². The second-order valence-corrected chi connectivity index (χ2v) is 5.07. The molecule has 3 N–H and O–H groups in total. The Bertz CT molecular complexity index is 186. The van der Waals surface area contributed by atoms with Crippen LogP contribution in [0.2, 0.25) is 0 Å². The van der Waals surface area contributed by atoms with Crippen molar-refractivity contribution in [3.05, 3.63) is 0 Å². The number of hydrogen-bond acceptors (Lipinski definition) is 3. The van der Waals surface area contributed by atoms with Crippen LogP contribution in [0.15, 0.2) is 0 Å². The molecule has 3 nitrogen and oxygen atoms in total. The first-order valence-corrected chi connectivity index (χ1v) is 6.08. The molecular weight excluding hydrogens is 188 g/mol. The molecule has 3 unspecified atom stereocenters. The van der Waals surface area contributed by atoms with Crippen molar-refractivity contribution in [3.63, 3.8) is 0 Å². The van der Waals surface area contributed by atoms with Crippen LogP contribution >= 0.6 is 0 Å². The van der Waals surface area contributed by atoms with Crippen molar-refractivity contribution in [2.45, 2.75) is 38.6 Å². The fourth-order valence-corrected chi connectivity index (χ4v) is 2.74. The van der Waals surface area contributed by atoms with E-state index < -0.39 is 0 Å². The van der Waals surface area contributed by atoms with Gasteiger partial charge in [0.15, 0.2) is 0 Å². The van der Waals surface area contributed by atoms with Crippen LogP contribution < -0.4 is 11.1 Å². The summed E-state index contributed by atoms with van der Waals surface area (Å²) in [6.07, 6.45) is 3.83. The van der Waals surface area contributed by atoms with E-state index in [1.807, 2.05) is 0 Å². The minimum absolute atomic E-state index is 0.149. The molecule has 90 valence electrons. The normalized spacial score (nSPS) is 36.8. The quantitative estimate of drug-likeness (QED) is 0.680. The zero-order valence-electron chi connectivity index (χ0n) is 10.4. The maximum atomic E-state index is 5.97. The van der Waals surface area contributed by atoms with E-state index in [1.165, 1.54) is 19.3 Å². The third-order valence-electron chi connectivity index (χ3n) is 3.90. The van der Waals surface area contributed by atoms with Gasteiger partial charge in [-0.3, -0.25) is 0 Å². The van der Waals surface area contributed by atoms with E-state index in [4.69, 9.17) is 10.5 Å². The molecule has 0 aliphatic heterocycles. The topological polar surface area (TPSA) is 47.3 Å². The summed E-state index contributed by atoms with van der Waals surface area (Å²) in [5.74, 6) is 1.47. The highest BCUT2D eigenvalue weighted by atomic mass is 16.5. The van der Waals surface area contributed by atoms with Crippen LogP contribution in [0.25, 0.3) is 0 Å². The van der Waals surface area contributed by atoms with Gasteiger partial charge in [-0.05, 0) is 24.7 Å². The Balaban J connectivity index is 2.54. The summed E-state index contributed by atoms with van der Waals surface area (Å²) < 4.78 is 5.08. The largest absolute Gasteiger partial charge is 0.383 e. The Morgan fingerprint density at radius 1 is 1.40 bits per heavy atom. The van der Waals surface area contributed by atoms with Gasteiger partial charge in [-0.2, -0.15) is 0 Å². The predicted molar refractivity (Wildman–Crippen MR) is 63.8 cm³/mol. The lowest BCUT2D eigenvalue weighted by atomic mass is 9.69. The molecule has 3 heteroatoms. The summed E-state index contributed by atoms with van der Waals surface area (Å²) in [5.41, 5.74) is 6.12. The van der Waals surface area contributed by atoms with Gasteiger partial charge < -0.3 is 15.8 Å². The van der Waals surface area contributed by atoms with E-state index in [0.717, 1.165) is 25.6 Å². The van der Waals surface area contributed by atoms with Crippen molar-refractivity contribution >= 4 is 0 Å². The van der Waals surface area contributed by atoms with Gasteiger partial charge in [-0.15, -0.1) is 0 Å². The minimum Gasteiger partial charge on any atom is -0.383 e. The van der Waals surface area contributed by atoms with Crippen LogP contribution in [0.4, 0.5) is 0 Å². The molecule has 0 heterocycles. The highest BCUT2D eigenvalue weighted by Crippen LogP contribution is 2.36. The van der Waals surface area contributed by atoms with Crippen LogP contribution in [0.3, 0.4) is 0 Å². The zero-order valence-corrected chi connectivity index (χ0v) is 10.4. The lowest BCUT2D eigenvalue weighted by Crippen LogP contribution is -2.59. The molecule has 0 radical (unpaired) electrons. The van der Waals surface area contributed by atoms with Gasteiger partial charge in [0.05, 0.1) is 6.61 Å². The number of methoxy groups -OCH3 is 1. The second-order valence-electron chi connectivity index (χ2n) is 5.07. The molecule has 1 aliphatic rings. The van der Waals surface area contributed by atoms with Gasteiger partial charge in [0.25, 0.3) is 0 Å². The molecule has 0 aromatic carbocycles. The lowest BCUT2D eigenvalue weighted by Gasteiger charge is -2.45. The Kier molecular flexibility index (Phi) is 5.03. The Hall–Kier alpha value is -0.120. The van der Waals surface area contributed by atoms with Crippen molar-refractivity contribution in [1.29, 1.82) is 0 Å². The van der Waals surface area contributed by atoms with E-state index in [9.17, 15) is 0 Å². The summed E-state index contributed by atoms with van der Waals surface area (Å²) in [4.78, 5) is 0. The zero-order chi connectivity index (χ0) is 11.3. The standard InChI is InChI=1S/C12H26N2O/c1-10-4-5-11(2)12(8-10,9-13)14-6-7-15-3/h10-11,14H,4-9,13H2,1-3H3. The molecule has 3 atom stereocenters. The van der Waals surface area contributed by atoms with E-state index in [0.29, 0.717) is 5.92 Å². The average molecular weight is 214 g/mol. The van der Waals surface area contributed by atoms with Crippen LogP contribution in [0, 0.1) is 11.8 Å². The van der Waals surface area contributed by atoms with Crippen molar-refractivity contribution in [3.8, 4) is 0 Å². The highest BCUT2D eigenvalue weighted by molar-refractivity contribution is 4.97. The monoisotopic (exact) mass is 214 g/mol. The Morgan fingerprint density at radius 2 is 2.13 bits per heavy atom. The molecule has 1 rings (SSSR count). The molecule has 1 fully saturated rings. The number of ether oxygens (including phenoxy) is 1. The average Bonchev–Trinajstić information content (AvgIpc) is 2.23. The third-order valence-corrected chi connectivity index (χ3v) is 3.90. The Morgan fingerprint density at radius 3 is 2.73 bits per heavy atom. The van der Waals surface area contributed by atoms with Gasteiger partial charge >= 0.3 is 0 Å². The van der Waals surface area contributed by atoms with Crippen LogP contribution in [0.1, 0.15) is 33.1 Å². The van der Waals surface area contributed by atoms with E-state index >= 15 is 0 Å². The van der Waals surface area contributed by atoms with E-state index in [1.54, 1.807) is 7.11 Å². The fourth-order valence-electron chi connectivity index (χ4n) is 2.74. The fraction of sp³-hybridized carbons (Fsp3) is 1.00. The Labute approximate surface area is 93.8 Å². The molecule has 0 bridgehead atoms. The number of nitrogens with one attached hydrogen (secondary N) is 1. The van der Waals surface area contributed by atoms with Gasteiger partial charge in [0, 0.05) is 25.7 Å². The first-order chi connectivity index (χ1) is 7.14. The summed E-state index contributed by atoms with van der Waals surface area (Å²) in [6, 6.07) is 0. The molecule has 15 heavy (non-hydrogen) atoms. The first-order valence-electron chi connectivity index (χ1n) is 6.08. The molecular formula is C12H26N2O. The number of hydrogen-bond donors (Lipinski definition) is 2. The van der Waals surface area contributed by atoms with Crippen molar-refractivity contribution in [1.82, 2.24) is 5.32 Å². The molecule has 0 amide bonds. The predicted octanol–water partition coefficient (Wildman–Crippen LogP) is 1.38. The maximum absolute atomic E-state index is 5.97. The molecule has 0 spiro atoms. The third kappa shape index (κ3) is 3.16. The van der Waals surface area contributed by atoms with Crippen molar-refractivity contribution < 1.29 is 4.74 Å². The van der Waals surface area contributed by atoms with Gasteiger partial charge in [-0.1, -0.05) is 20.3 Å². The SMILES string of the molecule is COCCNC1(CN)CC(C)CCC1C. The minimum atomic E-state index is 0.149. The van der Waals surface area contributed by atoms with E-state index in [2.05, 4.69) is 19.2 Å². The molecule has 0 saturated heterocycles. The number of rotatable bonds is 5. The summed E-state index contributed by atoms with van der Waals surface area (Å²) in [5, 5.41) is 3.62. The number of nitrogens with two attached hydrogens (primary N) is 1. The lowest BCUT2D eigenvalue weighted by molar-refractivity contribution is 0.110. The molecule has 1 aliphatic carbocycles. The van der Waals surface area contributed by atoms with Gasteiger partial charge in [0.1, 0.15) is 0 Å². The highest BCUT2D eigenvalue weighted by Gasteiger charge is 2.38. The molecule has 0 aromatic heterocycles. The summed E-state index contributed by atoms with van der Waals surface area (Å²) in [7, 11) is 1.74. The van der Waals surface area contributed by atoms with Crippen LogP contribution in [-0.4, -0.2) is 32.3 Å². The molecule has 0 aromatic rings. The second kappa shape index (κ2) is 5.83. The summed E-state index contributed by atoms with van der Waals surface area (Å²) >= 11 is 0. The van der Waals surface area contributed by atoms with Crippen molar-refractivity contribution in [2.75, 3.05) is 26.8 Å². The molecule has 1 saturated carbocycles. The maximum Gasteiger partial charge on any atom is 0.0587 e.